The van der Waals surface area contributed by atoms with Gasteiger partial charge in [0.15, 0.2) is 11.6 Å². The number of halogens is 2. The molecule has 0 fully saturated rings. The molecule has 3 heteroatoms. The summed E-state index contributed by atoms with van der Waals surface area (Å²) < 4.78 is 25.0. The third-order valence-electron chi connectivity index (χ3n) is 1.64. The van der Waals surface area contributed by atoms with Crippen LogP contribution in [-0.2, 0) is 0 Å². The first-order valence-corrected chi connectivity index (χ1v) is 3.49. The van der Waals surface area contributed by atoms with Gasteiger partial charge in [0.2, 0.25) is 0 Å². The second kappa shape index (κ2) is 3.31. The van der Waals surface area contributed by atoms with Crippen molar-refractivity contribution in [2.75, 3.05) is 0 Å². The van der Waals surface area contributed by atoms with Crippen LogP contribution in [0.3, 0.4) is 0 Å². The molecular weight excluding hydrogens is 160 g/mol. The Balaban J connectivity index is 3.06. The normalized spacial score (nSPS) is 12.2. The zero-order chi connectivity index (χ0) is 9.14. The maximum Gasteiger partial charge on any atom is 0.159 e. The molecule has 0 saturated carbocycles. The Morgan fingerprint density at radius 1 is 1.33 bits per heavy atom. The molecule has 62 valence electrons. The summed E-state index contributed by atoms with van der Waals surface area (Å²) in [6, 6.07) is 5.42. The standard InChI is InChI=1S/C9H7F2N/c1-6(5-12)7-2-3-8(10)9(11)4-7/h2-4,6H,1H3. The van der Waals surface area contributed by atoms with Gasteiger partial charge in [-0.3, -0.25) is 0 Å². The first-order valence-electron chi connectivity index (χ1n) is 3.49. The van der Waals surface area contributed by atoms with Crippen LogP contribution in [0.25, 0.3) is 0 Å². The van der Waals surface area contributed by atoms with E-state index in [0.29, 0.717) is 5.56 Å². The molecule has 1 atom stereocenters. The fourth-order valence-electron chi connectivity index (χ4n) is 0.856. The summed E-state index contributed by atoms with van der Waals surface area (Å²) in [5.41, 5.74) is 0.497. The third-order valence-corrected chi connectivity index (χ3v) is 1.64. The van der Waals surface area contributed by atoms with Crippen molar-refractivity contribution in [1.82, 2.24) is 0 Å². The minimum atomic E-state index is -0.908. The van der Waals surface area contributed by atoms with Crippen molar-refractivity contribution in [2.24, 2.45) is 0 Å². The van der Waals surface area contributed by atoms with Crippen molar-refractivity contribution in [3.63, 3.8) is 0 Å². The number of rotatable bonds is 1. The molecule has 12 heavy (non-hydrogen) atoms. The van der Waals surface area contributed by atoms with Crippen LogP contribution in [0.1, 0.15) is 18.4 Å². The van der Waals surface area contributed by atoms with Gasteiger partial charge < -0.3 is 0 Å². The number of nitriles is 1. The highest BCUT2D eigenvalue weighted by molar-refractivity contribution is 5.25. The van der Waals surface area contributed by atoms with E-state index in [2.05, 4.69) is 0 Å². The van der Waals surface area contributed by atoms with Crippen molar-refractivity contribution < 1.29 is 8.78 Å². The van der Waals surface area contributed by atoms with E-state index in [0.717, 1.165) is 12.1 Å². The molecular formula is C9H7F2N. The zero-order valence-electron chi connectivity index (χ0n) is 6.51. The fraction of sp³-hybridized carbons (Fsp3) is 0.222. The maximum absolute atomic E-state index is 12.6. The van der Waals surface area contributed by atoms with E-state index in [1.54, 1.807) is 6.92 Å². The largest absolute Gasteiger partial charge is 0.204 e. The average molecular weight is 167 g/mol. The lowest BCUT2D eigenvalue weighted by atomic mass is 10.0. The predicted molar refractivity (Wildman–Crippen MR) is 40.4 cm³/mol. The van der Waals surface area contributed by atoms with E-state index < -0.39 is 17.6 Å². The van der Waals surface area contributed by atoms with Gasteiger partial charge in [0, 0.05) is 0 Å². The summed E-state index contributed by atoms with van der Waals surface area (Å²) in [7, 11) is 0. The van der Waals surface area contributed by atoms with Crippen LogP contribution in [0.15, 0.2) is 18.2 Å². The third kappa shape index (κ3) is 1.59. The van der Waals surface area contributed by atoms with Gasteiger partial charge in [-0.25, -0.2) is 8.78 Å². The Kier molecular flexibility index (Phi) is 2.39. The summed E-state index contributed by atoms with van der Waals surface area (Å²) in [4.78, 5) is 0. The topological polar surface area (TPSA) is 23.8 Å². The van der Waals surface area contributed by atoms with Gasteiger partial charge in [0.05, 0.1) is 12.0 Å². The molecule has 0 N–H and O–H groups in total. The first-order chi connectivity index (χ1) is 5.65. The van der Waals surface area contributed by atoms with E-state index in [1.807, 2.05) is 6.07 Å². The molecule has 1 nitrogen and oxygen atoms in total. The van der Waals surface area contributed by atoms with Crippen LogP contribution >= 0.6 is 0 Å². The number of benzene rings is 1. The van der Waals surface area contributed by atoms with E-state index in [1.165, 1.54) is 6.07 Å². The van der Waals surface area contributed by atoms with E-state index in [-0.39, 0.29) is 0 Å². The molecule has 0 saturated heterocycles. The van der Waals surface area contributed by atoms with Gasteiger partial charge in [0.25, 0.3) is 0 Å². The maximum atomic E-state index is 12.6. The van der Waals surface area contributed by atoms with E-state index >= 15 is 0 Å². The molecule has 0 aliphatic heterocycles. The Morgan fingerprint density at radius 2 is 2.00 bits per heavy atom. The summed E-state index contributed by atoms with van der Waals surface area (Å²) in [5.74, 6) is -2.20. The van der Waals surface area contributed by atoms with Gasteiger partial charge in [-0.15, -0.1) is 0 Å². The van der Waals surface area contributed by atoms with Gasteiger partial charge in [-0.2, -0.15) is 5.26 Å². The monoisotopic (exact) mass is 167 g/mol. The fourth-order valence-corrected chi connectivity index (χ4v) is 0.856. The molecule has 1 rings (SSSR count). The van der Waals surface area contributed by atoms with Crippen LogP contribution < -0.4 is 0 Å². The lowest BCUT2D eigenvalue weighted by Gasteiger charge is -2.01. The van der Waals surface area contributed by atoms with Crippen molar-refractivity contribution in [3.8, 4) is 6.07 Å². The van der Waals surface area contributed by atoms with Crippen LogP contribution in [-0.4, -0.2) is 0 Å². The van der Waals surface area contributed by atoms with Gasteiger partial charge in [-0.05, 0) is 24.6 Å². The van der Waals surface area contributed by atoms with Crippen molar-refractivity contribution in [3.05, 3.63) is 35.4 Å². The number of hydrogen-bond acceptors (Lipinski definition) is 1. The second-order valence-corrected chi connectivity index (χ2v) is 2.52. The van der Waals surface area contributed by atoms with E-state index in [9.17, 15) is 8.78 Å². The Morgan fingerprint density at radius 3 is 2.50 bits per heavy atom. The van der Waals surface area contributed by atoms with Crippen LogP contribution in [0.4, 0.5) is 8.78 Å². The lowest BCUT2D eigenvalue weighted by molar-refractivity contribution is 0.507. The second-order valence-electron chi connectivity index (χ2n) is 2.52. The molecule has 0 amide bonds. The molecule has 0 aliphatic rings. The molecule has 0 aliphatic carbocycles. The molecule has 0 heterocycles. The first kappa shape index (κ1) is 8.66. The number of hydrogen-bond donors (Lipinski definition) is 0. The molecule has 0 aromatic heterocycles. The molecule has 0 radical (unpaired) electrons. The SMILES string of the molecule is CC(C#N)c1ccc(F)c(F)c1. The minimum Gasteiger partial charge on any atom is -0.204 e. The predicted octanol–water partition coefficient (Wildman–Crippen LogP) is 2.59. The highest BCUT2D eigenvalue weighted by Gasteiger charge is 2.07. The highest BCUT2D eigenvalue weighted by atomic mass is 19.2. The van der Waals surface area contributed by atoms with E-state index in [4.69, 9.17) is 5.26 Å². The highest BCUT2D eigenvalue weighted by Crippen LogP contribution is 2.16. The van der Waals surface area contributed by atoms with Crippen molar-refractivity contribution in [2.45, 2.75) is 12.8 Å². The van der Waals surface area contributed by atoms with Crippen molar-refractivity contribution in [1.29, 1.82) is 5.26 Å². The Hall–Kier alpha value is -1.43. The van der Waals surface area contributed by atoms with Crippen LogP contribution in [0.5, 0.6) is 0 Å². The molecule has 1 aromatic rings. The van der Waals surface area contributed by atoms with Gasteiger partial charge in [-0.1, -0.05) is 6.07 Å². The Labute approximate surface area is 69.2 Å². The summed E-state index contributed by atoms with van der Waals surface area (Å²) in [6.07, 6.45) is 0. The summed E-state index contributed by atoms with van der Waals surface area (Å²) in [6.45, 7) is 1.63. The minimum absolute atomic E-state index is 0.403. The quantitative estimate of drug-likeness (QED) is 0.630. The average Bonchev–Trinajstić information content (AvgIpc) is 2.08. The smallest absolute Gasteiger partial charge is 0.159 e. The molecule has 0 bridgehead atoms. The molecule has 0 spiro atoms. The van der Waals surface area contributed by atoms with Crippen LogP contribution in [0, 0.1) is 23.0 Å². The van der Waals surface area contributed by atoms with Gasteiger partial charge >= 0.3 is 0 Å². The van der Waals surface area contributed by atoms with Crippen LogP contribution in [0.2, 0.25) is 0 Å². The zero-order valence-corrected chi connectivity index (χ0v) is 6.51. The molecule has 1 unspecified atom stereocenters. The number of nitrogens with zero attached hydrogens (tertiary/aromatic N) is 1. The van der Waals surface area contributed by atoms with Gasteiger partial charge in [0.1, 0.15) is 0 Å². The summed E-state index contributed by atoms with van der Waals surface area (Å²) in [5, 5.41) is 8.48. The van der Waals surface area contributed by atoms with Crippen molar-refractivity contribution >= 4 is 0 Å². The summed E-state index contributed by atoms with van der Waals surface area (Å²) >= 11 is 0. The Bertz CT molecular complexity index is 328. The lowest BCUT2D eigenvalue weighted by Crippen LogP contribution is -1.92. The molecule has 1 aromatic carbocycles.